The van der Waals surface area contributed by atoms with Gasteiger partial charge in [0.15, 0.2) is 0 Å². The van der Waals surface area contributed by atoms with Gasteiger partial charge in [-0.25, -0.2) is 8.42 Å². The zero-order valence-electron chi connectivity index (χ0n) is 10.2. The number of carbonyl (C=O) groups is 1. The summed E-state index contributed by atoms with van der Waals surface area (Å²) >= 11 is 0. The van der Waals surface area contributed by atoms with Gasteiger partial charge in [0.25, 0.3) is 9.05 Å². The van der Waals surface area contributed by atoms with Crippen LogP contribution in [0.3, 0.4) is 0 Å². The molecule has 1 atom stereocenters. The van der Waals surface area contributed by atoms with Crippen LogP contribution >= 0.6 is 10.7 Å². The summed E-state index contributed by atoms with van der Waals surface area (Å²) in [6.45, 7) is 1.59. The van der Waals surface area contributed by atoms with Gasteiger partial charge >= 0.3 is 12.1 Å². The van der Waals surface area contributed by atoms with Gasteiger partial charge in [0, 0.05) is 10.7 Å². The topological polar surface area (TPSA) is 63.2 Å². The predicted molar refractivity (Wildman–Crippen MR) is 66.7 cm³/mol. The molecule has 1 amide bonds. The lowest BCUT2D eigenvalue weighted by atomic mass is 10.0. The monoisotopic (exact) mass is 329 g/mol. The van der Waals surface area contributed by atoms with Crippen molar-refractivity contribution in [2.45, 2.75) is 30.5 Å². The highest BCUT2D eigenvalue weighted by molar-refractivity contribution is 8.13. The Morgan fingerprint density at radius 1 is 1.30 bits per heavy atom. The van der Waals surface area contributed by atoms with Crippen LogP contribution in [0.4, 0.5) is 13.2 Å². The Morgan fingerprint density at radius 3 is 2.15 bits per heavy atom. The van der Waals surface area contributed by atoms with Crippen LogP contribution in [0, 0.1) is 0 Å². The highest BCUT2D eigenvalue weighted by Gasteiger charge is 2.39. The molecule has 0 fully saturated rings. The standard InChI is InChI=1S/C11H11ClF3NO3S/c1-2-9(16-10(17)11(13,14)15)7-3-5-8(6-4-7)20(12,18)19/h3-6,9H,2H2,1H3,(H,16,17)/t9-/m1/s1. The highest BCUT2D eigenvalue weighted by Crippen LogP contribution is 2.23. The Kier molecular flexibility index (Phi) is 5.04. The molecule has 1 rings (SSSR count). The summed E-state index contributed by atoms with van der Waals surface area (Å²) in [5, 5.41) is 1.83. The van der Waals surface area contributed by atoms with E-state index in [1.165, 1.54) is 24.3 Å². The second kappa shape index (κ2) is 6.01. The number of nitrogens with one attached hydrogen (secondary N) is 1. The summed E-state index contributed by atoms with van der Waals surface area (Å²) in [4.78, 5) is 10.7. The van der Waals surface area contributed by atoms with Gasteiger partial charge in [0.2, 0.25) is 0 Å². The van der Waals surface area contributed by atoms with Gasteiger partial charge in [-0.15, -0.1) is 0 Å². The number of hydrogen-bond donors (Lipinski definition) is 1. The number of carbonyl (C=O) groups excluding carboxylic acids is 1. The maximum absolute atomic E-state index is 12.2. The minimum atomic E-state index is -4.97. The van der Waals surface area contributed by atoms with E-state index in [-0.39, 0.29) is 11.3 Å². The maximum Gasteiger partial charge on any atom is 0.471 e. The second-order valence-corrected chi connectivity index (χ2v) is 6.50. The summed E-state index contributed by atoms with van der Waals surface area (Å²) in [5.74, 6) is -2.04. The van der Waals surface area contributed by atoms with Gasteiger partial charge in [0.1, 0.15) is 0 Å². The first-order valence-corrected chi connectivity index (χ1v) is 7.79. The molecule has 0 aliphatic heterocycles. The minimum absolute atomic E-state index is 0.167. The van der Waals surface area contributed by atoms with Crippen molar-refractivity contribution in [1.82, 2.24) is 5.32 Å². The van der Waals surface area contributed by atoms with Gasteiger partial charge in [-0.2, -0.15) is 13.2 Å². The lowest BCUT2D eigenvalue weighted by Gasteiger charge is -2.18. The van der Waals surface area contributed by atoms with Crippen LogP contribution in [0.1, 0.15) is 24.9 Å². The van der Waals surface area contributed by atoms with Crippen molar-refractivity contribution < 1.29 is 26.4 Å². The van der Waals surface area contributed by atoms with Crippen molar-refractivity contribution in [1.29, 1.82) is 0 Å². The Bertz CT molecular complexity index is 584. The largest absolute Gasteiger partial charge is 0.471 e. The van der Waals surface area contributed by atoms with Gasteiger partial charge in [0.05, 0.1) is 10.9 Å². The smallest absolute Gasteiger partial charge is 0.341 e. The molecule has 0 saturated heterocycles. The third-order valence-electron chi connectivity index (χ3n) is 2.54. The Labute approximate surface area is 118 Å². The summed E-state index contributed by atoms with van der Waals surface area (Å²) in [6.07, 6.45) is -4.75. The molecular formula is C11H11ClF3NO3S. The predicted octanol–water partition coefficient (Wildman–Crippen LogP) is 2.74. The van der Waals surface area contributed by atoms with Gasteiger partial charge in [-0.1, -0.05) is 19.1 Å². The van der Waals surface area contributed by atoms with Crippen LogP contribution < -0.4 is 5.32 Å². The number of rotatable bonds is 4. The highest BCUT2D eigenvalue weighted by atomic mass is 35.7. The van der Waals surface area contributed by atoms with E-state index >= 15 is 0 Å². The van der Waals surface area contributed by atoms with E-state index in [9.17, 15) is 26.4 Å². The molecule has 0 aliphatic carbocycles. The first-order valence-electron chi connectivity index (χ1n) is 5.48. The van der Waals surface area contributed by atoms with Crippen LogP contribution in [-0.2, 0) is 13.8 Å². The lowest BCUT2D eigenvalue weighted by Crippen LogP contribution is -2.38. The van der Waals surface area contributed by atoms with Crippen LogP contribution in [-0.4, -0.2) is 20.5 Å². The zero-order chi connectivity index (χ0) is 15.6. The molecule has 1 N–H and O–H groups in total. The Morgan fingerprint density at radius 2 is 1.80 bits per heavy atom. The number of amides is 1. The fraction of sp³-hybridized carbons (Fsp3) is 0.364. The fourth-order valence-corrected chi connectivity index (χ4v) is 2.29. The van der Waals surface area contributed by atoms with E-state index in [4.69, 9.17) is 10.7 Å². The molecule has 0 heterocycles. The molecule has 0 aromatic heterocycles. The molecule has 0 unspecified atom stereocenters. The van der Waals surface area contributed by atoms with Crippen LogP contribution in [0.25, 0.3) is 0 Å². The van der Waals surface area contributed by atoms with E-state index in [0.717, 1.165) is 0 Å². The summed E-state index contributed by atoms with van der Waals surface area (Å²) in [6, 6.07) is 4.08. The third kappa shape index (κ3) is 4.38. The molecule has 0 bridgehead atoms. The summed E-state index contributed by atoms with van der Waals surface area (Å²) in [5.41, 5.74) is 0.356. The van der Waals surface area contributed by atoms with Crippen molar-refractivity contribution >= 4 is 25.6 Å². The quantitative estimate of drug-likeness (QED) is 0.864. The Balaban J connectivity index is 2.94. The molecule has 20 heavy (non-hydrogen) atoms. The number of alkyl halides is 3. The number of halogens is 4. The van der Waals surface area contributed by atoms with Gasteiger partial charge in [-0.05, 0) is 24.1 Å². The van der Waals surface area contributed by atoms with E-state index in [1.54, 1.807) is 6.92 Å². The first-order chi connectivity index (χ1) is 9.05. The van der Waals surface area contributed by atoms with Crippen molar-refractivity contribution in [3.8, 4) is 0 Å². The normalized spacial score (nSPS) is 13.8. The zero-order valence-corrected chi connectivity index (χ0v) is 11.8. The van der Waals surface area contributed by atoms with E-state index in [2.05, 4.69) is 0 Å². The van der Waals surface area contributed by atoms with E-state index in [1.807, 2.05) is 5.32 Å². The number of benzene rings is 1. The SMILES string of the molecule is CC[C@@H](NC(=O)C(F)(F)F)c1ccc(S(=O)(=O)Cl)cc1. The first kappa shape index (κ1) is 16.8. The van der Waals surface area contributed by atoms with Crippen LogP contribution in [0.5, 0.6) is 0 Å². The van der Waals surface area contributed by atoms with Gasteiger partial charge < -0.3 is 5.32 Å². The van der Waals surface area contributed by atoms with Crippen LogP contribution in [0.2, 0.25) is 0 Å². The van der Waals surface area contributed by atoms with E-state index in [0.29, 0.717) is 5.56 Å². The fourth-order valence-electron chi connectivity index (χ4n) is 1.52. The average Bonchev–Trinajstić information content (AvgIpc) is 2.33. The molecule has 112 valence electrons. The van der Waals surface area contributed by atoms with Crippen LogP contribution in [0.15, 0.2) is 29.2 Å². The minimum Gasteiger partial charge on any atom is -0.341 e. The maximum atomic E-state index is 12.2. The summed E-state index contributed by atoms with van der Waals surface area (Å²) in [7, 11) is 1.23. The molecule has 0 saturated carbocycles. The molecule has 1 aromatic rings. The third-order valence-corrected chi connectivity index (χ3v) is 3.90. The summed E-state index contributed by atoms with van der Waals surface area (Å²) < 4.78 is 58.6. The molecule has 0 radical (unpaired) electrons. The molecule has 0 spiro atoms. The number of hydrogen-bond acceptors (Lipinski definition) is 3. The van der Waals surface area contributed by atoms with Crippen molar-refractivity contribution in [2.75, 3.05) is 0 Å². The lowest BCUT2D eigenvalue weighted by molar-refractivity contribution is -0.174. The Hall–Kier alpha value is -1.28. The average molecular weight is 330 g/mol. The van der Waals surface area contributed by atoms with Crippen molar-refractivity contribution in [2.24, 2.45) is 0 Å². The van der Waals surface area contributed by atoms with Gasteiger partial charge in [-0.3, -0.25) is 4.79 Å². The molecule has 9 heteroatoms. The van der Waals surface area contributed by atoms with E-state index < -0.39 is 27.2 Å². The molecule has 0 aliphatic rings. The van der Waals surface area contributed by atoms with Crippen molar-refractivity contribution in [3.63, 3.8) is 0 Å². The second-order valence-electron chi connectivity index (χ2n) is 3.94. The molecule has 4 nitrogen and oxygen atoms in total. The molecule has 1 aromatic carbocycles. The van der Waals surface area contributed by atoms with Crippen molar-refractivity contribution in [3.05, 3.63) is 29.8 Å². The molecular weight excluding hydrogens is 319 g/mol.